The first kappa shape index (κ1) is 13.0. The van der Waals surface area contributed by atoms with Gasteiger partial charge in [-0.2, -0.15) is 5.26 Å². The number of halogens is 2. The summed E-state index contributed by atoms with van der Waals surface area (Å²) in [4.78, 5) is 13.4. The highest BCUT2D eigenvalue weighted by molar-refractivity contribution is 9.10. The monoisotopic (exact) mass is 300 g/mol. The second-order valence-electron chi connectivity index (χ2n) is 3.26. The Kier molecular flexibility index (Phi) is 4.78. The van der Waals surface area contributed by atoms with Crippen molar-refractivity contribution in [2.75, 3.05) is 13.6 Å². The number of amides is 1. The first-order chi connectivity index (χ1) is 7.56. The van der Waals surface area contributed by atoms with Gasteiger partial charge in [0.1, 0.15) is 0 Å². The van der Waals surface area contributed by atoms with Gasteiger partial charge in [-0.3, -0.25) is 4.79 Å². The van der Waals surface area contributed by atoms with Crippen molar-refractivity contribution >= 4 is 33.4 Å². The molecule has 5 heteroatoms. The maximum Gasteiger partial charge on any atom is 0.254 e. The van der Waals surface area contributed by atoms with Crippen LogP contribution in [0.15, 0.2) is 22.7 Å². The summed E-state index contributed by atoms with van der Waals surface area (Å²) in [5, 5.41) is 9.02. The number of rotatable bonds is 3. The number of nitrogens with zero attached hydrogens (tertiary/aromatic N) is 2. The quantitative estimate of drug-likeness (QED) is 0.861. The Balaban J connectivity index is 2.84. The van der Waals surface area contributed by atoms with Crippen LogP contribution in [0.2, 0.25) is 5.02 Å². The molecule has 1 amide bonds. The van der Waals surface area contributed by atoms with E-state index in [0.29, 0.717) is 28.0 Å². The summed E-state index contributed by atoms with van der Waals surface area (Å²) in [6.45, 7) is 0.421. The molecule has 0 fully saturated rings. The lowest BCUT2D eigenvalue weighted by Gasteiger charge is -2.16. The minimum atomic E-state index is -0.126. The van der Waals surface area contributed by atoms with Crippen molar-refractivity contribution in [2.24, 2.45) is 0 Å². The topological polar surface area (TPSA) is 44.1 Å². The molecule has 0 bridgehead atoms. The fourth-order valence-corrected chi connectivity index (χ4v) is 2.04. The number of benzene rings is 1. The van der Waals surface area contributed by atoms with Crippen LogP contribution in [0.4, 0.5) is 0 Å². The molecule has 0 N–H and O–H groups in total. The lowest BCUT2D eigenvalue weighted by molar-refractivity contribution is 0.0797. The fraction of sp³-hybridized carbons (Fsp3) is 0.273. The Labute approximate surface area is 108 Å². The molecule has 1 rings (SSSR count). The molecule has 84 valence electrons. The molecule has 0 aliphatic rings. The fourth-order valence-electron chi connectivity index (χ4n) is 1.19. The van der Waals surface area contributed by atoms with Gasteiger partial charge in [-0.05, 0) is 34.1 Å². The lowest BCUT2D eigenvalue weighted by atomic mass is 10.2. The van der Waals surface area contributed by atoms with Gasteiger partial charge in [-0.15, -0.1) is 0 Å². The molecule has 0 saturated heterocycles. The summed E-state index contributed by atoms with van der Waals surface area (Å²) >= 11 is 9.07. The average molecular weight is 302 g/mol. The van der Waals surface area contributed by atoms with Crippen molar-refractivity contribution < 1.29 is 4.79 Å². The molecule has 1 aromatic carbocycles. The summed E-state index contributed by atoms with van der Waals surface area (Å²) < 4.78 is 0.661. The van der Waals surface area contributed by atoms with Gasteiger partial charge < -0.3 is 4.90 Å². The third-order valence-corrected chi connectivity index (χ3v) is 2.96. The molecule has 0 atom stereocenters. The predicted molar refractivity (Wildman–Crippen MR) is 66.3 cm³/mol. The van der Waals surface area contributed by atoms with Crippen molar-refractivity contribution in [2.45, 2.75) is 6.42 Å². The van der Waals surface area contributed by atoms with Gasteiger partial charge in [0, 0.05) is 23.1 Å². The Hall–Kier alpha value is -1.05. The van der Waals surface area contributed by atoms with E-state index in [0.717, 1.165) is 0 Å². The van der Waals surface area contributed by atoms with Crippen molar-refractivity contribution in [1.29, 1.82) is 5.26 Å². The molecule has 0 aliphatic carbocycles. The molecular weight excluding hydrogens is 291 g/mol. The number of nitriles is 1. The van der Waals surface area contributed by atoms with E-state index in [4.69, 9.17) is 16.9 Å². The minimum Gasteiger partial charge on any atom is -0.341 e. The molecule has 0 aromatic heterocycles. The van der Waals surface area contributed by atoms with E-state index in [2.05, 4.69) is 15.9 Å². The number of hydrogen-bond donors (Lipinski definition) is 0. The van der Waals surface area contributed by atoms with E-state index in [1.54, 1.807) is 25.2 Å². The van der Waals surface area contributed by atoms with Gasteiger partial charge in [-0.1, -0.05) is 11.6 Å². The van der Waals surface area contributed by atoms with Crippen LogP contribution in [0, 0.1) is 11.3 Å². The standard InChI is InChI=1S/C11H10BrClN2O/c1-15(6-2-5-14)11(16)9-4-3-8(13)7-10(9)12/h3-4,7H,2,6H2,1H3. The van der Waals surface area contributed by atoms with E-state index in [9.17, 15) is 4.79 Å². The first-order valence-electron chi connectivity index (χ1n) is 4.63. The van der Waals surface area contributed by atoms with Crippen LogP contribution >= 0.6 is 27.5 Å². The molecule has 0 spiro atoms. The molecule has 0 unspecified atom stereocenters. The van der Waals surface area contributed by atoms with Gasteiger partial charge in [0.25, 0.3) is 5.91 Å². The van der Waals surface area contributed by atoms with E-state index in [1.807, 2.05) is 6.07 Å². The van der Waals surface area contributed by atoms with Crippen molar-refractivity contribution in [1.82, 2.24) is 4.90 Å². The second-order valence-corrected chi connectivity index (χ2v) is 4.55. The van der Waals surface area contributed by atoms with E-state index < -0.39 is 0 Å². The smallest absolute Gasteiger partial charge is 0.254 e. The van der Waals surface area contributed by atoms with Crippen molar-refractivity contribution in [3.8, 4) is 6.07 Å². The zero-order valence-corrected chi connectivity index (χ0v) is 11.0. The Bertz CT molecular complexity index is 442. The van der Waals surface area contributed by atoms with Crippen LogP contribution in [-0.2, 0) is 0 Å². The molecule has 0 radical (unpaired) electrons. The summed E-state index contributed by atoms with van der Waals surface area (Å²) in [6.07, 6.45) is 0.327. The largest absolute Gasteiger partial charge is 0.341 e. The Morgan fingerprint density at radius 1 is 1.62 bits per heavy atom. The van der Waals surface area contributed by atoms with E-state index in [1.165, 1.54) is 4.90 Å². The molecule has 1 aromatic rings. The number of hydrogen-bond acceptors (Lipinski definition) is 2. The summed E-state index contributed by atoms with van der Waals surface area (Å²) in [5.41, 5.74) is 0.546. The molecule has 0 heterocycles. The second kappa shape index (κ2) is 5.88. The number of carbonyl (C=O) groups excluding carboxylic acids is 1. The van der Waals surface area contributed by atoms with Gasteiger partial charge in [0.2, 0.25) is 0 Å². The third-order valence-electron chi connectivity index (χ3n) is 2.07. The minimum absolute atomic E-state index is 0.126. The zero-order valence-electron chi connectivity index (χ0n) is 8.70. The maximum absolute atomic E-state index is 11.9. The van der Waals surface area contributed by atoms with Crippen LogP contribution < -0.4 is 0 Å². The van der Waals surface area contributed by atoms with Crippen LogP contribution in [0.1, 0.15) is 16.8 Å². The van der Waals surface area contributed by atoms with Gasteiger partial charge >= 0.3 is 0 Å². The summed E-state index contributed by atoms with van der Waals surface area (Å²) in [7, 11) is 1.67. The Morgan fingerprint density at radius 2 is 2.31 bits per heavy atom. The lowest BCUT2D eigenvalue weighted by Crippen LogP contribution is -2.27. The number of carbonyl (C=O) groups is 1. The highest BCUT2D eigenvalue weighted by Gasteiger charge is 2.14. The van der Waals surface area contributed by atoms with Gasteiger partial charge in [0.05, 0.1) is 18.1 Å². The van der Waals surface area contributed by atoms with E-state index in [-0.39, 0.29) is 5.91 Å². The highest BCUT2D eigenvalue weighted by atomic mass is 79.9. The summed E-state index contributed by atoms with van der Waals surface area (Å²) in [6, 6.07) is 7.00. The normalized spacial score (nSPS) is 9.62. The molecule has 16 heavy (non-hydrogen) atoms. The van der Waals surface area contributed by atoms with E-state index >= 15 is 0 Å². The molecule has 0 saturated carbocycles. The third kappa shape index (κ3) is 3.22. The van der Waals surface area contributed by atoms with Gasteiger partial charge in [-0.25, -0.2) is 0 Å². The Morgan fingerprint density at radius 3 is 2.88 bits per heavy atom. The molecular formula is C11H10BrClN2O. The van der Waals surface area contributed by atoms with Crippen molar-refractivity contribution in [3.63, 3.8) is 0 Å². The van der Waals surface area contributed by atoms with Crippen LogP contribution in [0.25, 0.3) is 0 Å². The average Bonchev–Trinajstić information content (AvgIpc) is 2.25. The predicted octanol–water partition coefficient (Wildman–Crippen LogP) is 3.09. The summed E-state index contributed by atoms with van der Waals surface area (Å²) in [5.74, 6) is -0.126. The van der Waals surface area contributed by atoms with Gasteiger partial charge in [0.15, 0.2) is 0 Å². The SMILES string of the molecule is CN(CCC#N)C(=O)c1ccc(Cl)cc1Br. The van der Waals surface area contributed by atoms with Crippen LogP contribution in [-0.4, -0.2) is 24.4 Å². The van der Waals surface area contributed by atoms with Crippen LogP contribution in [0.3, 0.4) is 0 Å². The first-order valence-corrected chi connectivity index (χ1v) is 5.81. The molecule has 0 aliphatic heterocycles. The zero-order chi connectivity index (χ0) is 12.1. The van der Waals surface area contributed by atoms with Crippen molar-refractivity contribution in [3.05, 3.63) is 33.3 Å². The molecule has 3 nitrogen and oxygen atoms in total. The highest BCUT2D eigenvalue weighted by Crippen LogP contribution is 2.22. The maximum atomic E-state index is 11.9. The van der Waals surface area contributed by atoms with Crippen LogP contribution in [0.5, 0.6) is 0 Å².